The summed E-state index contributed by atoms with van der Waals surface area (Å²) in [6.45, 7) is 1.97. The number of carbonyl (C=O) groups is 1. The van der Waals surface area contributed by atoms with Gasteiger partial charge in [-0.25, -0.2) is 0 Å². The normalized spacial score (nSPS) is 15.8. The molecule has 2 heteroatoms. The van der Waals surface area contributed by atoms with Gasteiger partial charge in [-0.05, 0) is 55.9 Å². The van der Waals surface area contributed by atoms with E-state index in [1.54, 1.807) is 0 Å². The van der Waals surface area contributed by atoms with Crippen molar-refractivity contribution in [2.24, 2.45) is 0 Å². The van der Waals surface area contributed by atoms with Crippen molar-refractivity contribution in [2.75, 3.05) is 0 Å². The van der Waals surface area contributed by atoms with Crippen LogP contribution < -0.4 is 0 Å². The first-order chi connectivity index (χ1) is 7.68. The summed E-state index contributed by atoms with van der Waals surface area (Å²) in [5, 5.41) is 0.566. The Kier molecular flexibility index (Phi) is 3.45. The van der Waals surface area contributed by atoms with Crippen molar-refractivity contribution in [1.29, 1.82) is 0 Å². The second-order valence-electron chi connectivity index (χ2n) is 4.29. The van der Waals surface area contributed by atoms with E-state index in [0.717, 1.165) is 30.4 Å². The van der Waals surface area contributed by atoms with Gasteiger partial charge in [0.2, 0.25) is 0 Å². The number of halogens is 1. The number of hydrogen-bond donors (Lipinski definition) is 0. The zero-order valence-electron chi connectivity index (χ0n) is 9.42. The Morgan fingerprint density at radius 3 is 2.75 bits per heavy atom. The molecule has 0 aromatic heterocycles. The maximum Gasteiger partial charge on any atom is 0.190 e. The summed E-state index contributed by atoms with van der Waals surface area (Å²) in [6, 6.07) is 5.61. The molecule has 0 unspecified atom stereocenters. The van der Waals surface area contributed by atoms with Crippen LogP contribution in [-0.2, 0) is 0 Å². The topological polar surface area (TPSA) is 17.1 Å². The maximum absolute atomic E-state index is 12.2. The Morgan fingerprint density at radius 2 is 2.12 bits per heavy atom. The van der Waals surface area contributed by atoms with Crippen LogP contribution in [0.4, 0.5) is 0 Å². The van der Waals surface area contributed by atoms with E-state index in [1.807, 2.05) is 25.1 Å². The molecule has 2 rings (SSSR count). The fourth-order valence-corrected chi connectivity index (χ4v) is 2.34. The minimum absolute atomic E-state index is 0.102. The van der Waals surface area contributed by atoms with Crippen LogP contribution in [0, 0.1) is 6.92 Å². The van der Waals surface area contributed by atoms with E-state index in [0.29, 0.717) is 10.6 Å². The minimum atomic E-state index is 0.102. The molecular weight excluding hydrogens is 220 g/mol. The Morgan fingerprint density at radius 1 is 1.31 bits per heavy atom. The quantitative estimate of drug-likeness (QED) is 0.696. The van der Waals surface area contributed by atoms with Gasteiger partial charge in [-0.15, -0.1) is 0 Å². The number of hydrogen-bond acceptors (Lipinski definition) is 1. The molecule has 16 heavy (non-hydrogen) atoms. The second-order valence-corrected chi connectivity index (χ2v) is 4.69. The Labute approximate surface area is 101 Å². The summed E-state index contributed by atoms with van der Waals surface area (Å²) in [7, 11) is 0. The molecule has 0 saturated heterocycles. The van der Waals surface area contributed by atoms with Crippen LogP contribution in [-0.4, -0.2) is 5.78 Å². The van der Waals surface area contributed by atoms with Crippen LogP contribution in [0.25, 0.3) is 0 Å². The number of rotatable bonds is 2. The van der Waals surface area contributed by atoms with Crippen molar-refractivity contribution in [3.8, 4) is 0 Å². The zero-order chi connectivity index (χ0) is 11.5. The summed E-state index contributed by atoms with van der Waals surface area (Å²) < 4.78 is 0. The molecular formula is C14H15ClO. The standard InChI is InChI=1S/C14H15ClO/c1-10-7-8-12(13(15)9-10)14(16)11-5-3-2-4-6-11/h5,7-9H,2-4,6H2,1H3. The Hall–Kier alpha value is -1.08. The van der Waals surface area contributed by atoms with Crippen molar-refractivity contribution in [1.82, 2.24) is 0 Å². The zero-order valence-corrected chi connectivity index (χ0v) is 10.2. The third-order valence-electron chi connectivity index (χ3n) is 2.95. The molecule has 0 aliphatic heterocycles. The van der Waals surface area contributed by atoms with Crippen LogP contribution in [0.3, 0.4) is 0 Å². The van der Waals surface area contributed by atoms with Crippen LogP contribution in [0.5, 0.6) is 0 Å². The van der Waals surface area contributed by atoms with Gasteiger partial charge in [-0.3, -0.25) is 4.79 Å². The smallest absolute Gasteiger partial charge is 0.190 e. The lowest BCUT2D eigenvalue weighted by Crippen LogP contribution is -2.07. The number of aryl methyl sites for hydroxylation is 1. The molecule has 0 heterocycles. The SMILES string of the molecule is Cc1ccc(C(=O)C2=CCCCC2)c(Cl)c1. The predicted molar refractivity (Wildman–Crippen MR) is 67.1 cm³/mol. The van der Waals surface area contributed by atoms with Crippen LogP contribution in [0.15, 0.2) is 29.8 Å². The van der Waals surface area contributed by atoms with Gasteiger partial charge in [-0.2, -0.15) is 0 Å². The molecule has 0 N–H and O–H groups in total. The molecule has 1 aromatic rings. The van der Waals surface area contributed by atoms with E-state index in [4.69, 9.17) is 11.6 Å². The van der Waals surface area contributed by atoms with Crippen molar-refractivity contribution in [3.05, 3.63) is 46.0 Å². The molecule has 1 aliphatic rings. The molecule has 0 bridgehead atoms. The first-order valence-electron chi connectivity index (χ1n) is 5.68. The highest BCUT2D eigenvalue weighted by Crippen LogP contribution is 2.25. The maximum atomic E-state index is 12.2. The molecule has 1 aliphatic carbocycles. The molecule has 0 amide bonds. The highest BCUT2D eigenvalue weighted by Gasteiger charge is 2.16. The fourth-order valence-electron chi connectivity index (χ4n) is 2.02. The molecule has 1 aromatic carbocycles. The number of allylic oxidation sites excluding steroid dienone is 2. The first kappa shape index (κ1) is 11.4. The van der Waals surface area contributed by atoms with E-state index < -0.39 is 0 Å². The lowest BCUT2D eigenvalue weighted by atomic mass is 9.93. The van der Waals surface area contributed by atoms with E-state index in [-0.39, 0.29) is 5.78 Å². The number of Topliss-reactive ketones (excluding diaryl/α,β-unsaturated/α-hetero) is 1. The van der Waals surface area contributed by atoms with E-state index >= 15 is 0 Å². The van der Waals surface area contributed by atoms with Gasteiger partial charge in [0.25, 0.3) is 0 Å². The van der Waals surface area contributed by atoms with E-state index in [1.165, 1.54) is 6.42 Å². The van der Waals surface area contributed by atoms with Crippen molar-refractivity contribution in [2.45, 2.75) is 32.6 Å². The van der Waals surface area contributed by atoms with Crippen LogP contribution in [0.1, 0.15) is 41.6 Å². The molecule has 84 valence electrons. The summed E-state index contributed by atoms with van der Waals surface area (Å²) in [4.78, 5) is 12.2. The monoisotopic (exact) mass is 234 g/mol. The summed E-state index contributed by atoms with van der Waals surface area (Å²) >= 11 is 6.10. The predicted octanol–water partition coefficient (Wildman–Crippen LogP) is 4.33. The third-order valence-corrected chi connectivity index (χ3v) is 3.26. The van der Waals surface area contributed by atoms with E-state index in [2.05, 4.69) is 6.08 Å². The first-order valence-corrected chi connectivity index (χ1v) is 6.06. The van der Waals surface area contributed by atoms with Gasteiger partial charge in [0, 0.05) is 5.56 Å². The molecule has 0 fully saturated rings. The Balaban J connectivity index is 2.30. The molecule has 1 nitrogen and oxygen atoms in total. The average Bonchev–Trinajstić information content (AvgIpc) is 2.29. The summed E-state index contributed by atoms with van der Waals surface area (Å²) in [5.74, 6) is 0.102. The highest BCUT2D eigenvalue weighted by molar-refractivity contribution is 6.35. The van der Waals surface area contributed by atoms with Gasteiger partial charge < -0.3 is 0 Å². The van der Waals surface area contributed by atoms with Gasteiger partial charge in [-0.1, -0.05) is 23.7 Å². The van der Waals surface area contributed by atoms with Crippen molar-refractivity contribution < 1.29 is 4.79 Å². The number of benzene rings is 1. The fraction of sp³-hybridized carbons (Fsp3) is 0.357. The largest absolute Gasteiger partial charge is 0.289 e. The van der Waals surface area contributed by atoms with Crippen molar-refractivity contribution in [3.63, 3.8) is 0 Å². The lowest BCUT2D eigenvalue weighted by Gasteiger charge is -2.12. The Bertz CT molecular complexity index is 446. The lowest BCUT2D eigenvalue weighted by molar-refractivity contribution is 0.102. The van der Waals surface area contributed by atoms with Gasteiger partial charge in [0.15, 0.2) is 5.78 Å². The molecule has 0 atom stereocenters. The molecule has 0 saturated carbocycles. The van der Waals surface area contributed by atoms with E-state index in [9.17, 15) is 4.79 Å². The molecule has 0 radical (unpaired) electrons. The molecule has 0 spiro atoms. The third kappa shape index (κ3) is 2.35. The summed E-state index contributed by atoms with van der Waals surface area (Å²) in [5.41, 5.74) is 2.65. The van der Waals surface area contributed by atoms with Crippen LogP contribution >= 0.6 is 11.6 Å². The second kappa shape index (κ2) is 4.84. The van der Waals surface area contributed by atoms with Crippen molar-refractivity contribution >= 4 is 17.4 Å². The van der Waals surface area contributed by atoms with Gasteiger partial charge >= 0.3 is 0 Å². The van der Waals surface area contributed by atoms with Crippen LogP contribution in [0.2, 0.25) is 5.02 Å². The number of carbonyl (C=O) groups excluding carboxylic acids is 1. The van der Waals surface area contributed by atoms with Gasteiger partial charge in [0.1, 0.15) is 0 Å². The minimum Gasteiger partial charge on any atom is -0.289 e. The van der Waals surface area contributed by atoms with Gasteiger partial charge in [0.05, 0.1) is 5.02 Å². The highest BCUT2D eigenvalue weighted by atomic mass is 35.5. The average molecular weight is 235 g/mol. The number of ketones is 1. The summed E-state index contributed by atoms with van der Waals surface area (Å²) in [6.07, 6.45) is 6.27.